The second-order valence-corrected chi connectivity index (χ2v) is 7.87. The number of aliphatic hydroxyl groups is 1. The zero-order chi connectivity index (χ0) is 12.6. The number of sulfone groups is 1. The first-order valence-corrected chi connectivity index (χ1v) is 7.55. The normalized spacial score (nSPS) is 27.2. The first-order valence-electron chi connectivity index (χ1n) is 5.73. The Bertz CT molecular complexity index is 335. The molecule has 1 saturated heterocycles. The fourth-order valence-corrected chi connectivity index (χ4v) is 3.83. The molecule has 4 nitrogen and oxygen atoms in total. The second kappa shape index (κ2) is 4.63. The lowest BCUT2D eigenvalue weighted by molar-refractivity contribution is 0.0331. The van der Waals surface area contributed by atoms with Gasteiger partial charge in [0.2, 0.25) is 0 Å². The van der Waals surface area contributed by atoms with Gasteiger partial charge in [0.15, 0.2) is 9.84 Å². The number of hydrogen-bond acceptors (Lipinski definition) is 4. The third-order valence-electron chi connectivity index (χ3n) is 3.62. The molecule has 2 atom stereocenters. The standard InChI is InChI=1S/C11H23NO3S/c1-9(13)11(2,3)8-12(4)10-5-6-16(14,15)7-10/h9-10,13H,5-8H2,1-4H3. The maximum absolute atomic E-state index is 11.4. The van der Waals surface area contributed by atoms with E-state index in [2.05, 4.69) is 4.90 Å². The first-order chi connectivity index (χ1) is 7.14. The molecule has 0 aliphatic carbocycles. The van der Waals surface area contributed by atoms with Gasteiger partial charge in [0.25, 0.3) is 0 Å². The number of aliphatic hydroxyl groups excluding tert-OH is 1. The zero-order valence-electron chi connectivity index (χ0n) is 10.6. The average molecular weight is 249 g/mol. The van der Waals surface area contributed by atoms with Crippen molar-refractivity contribution in [2.45, 2.75) is 39.3 Å². The van der Waals surface area contributed by atoms with E-state index in [0.29, 0.717) is 18.7 Å². The van der Waals surface area contributed by atoms with Gasteiger partial charge in [-0.15, -0.1) is 0 Å². The van der Waals surface area contributed by atoms with Crippen molar-refractivity contribution >= 4 is 9.84 Å². The maximum Gasteiger partial charge on any atom is 0.151 e. The van der Waals surface area contributed by atoms with Crippen molar-refractivity contribution in [1.82, 2.24) is 4.90 Å². The van der Waals surface area contributed by atoms with Gasteiger partial charge in [-0.25, -0.2) is 8.42 Å². The van der Waals surface area contributed by atoms with Crippen molar-refractivity contribution in [3.8, 4) is 0 Å². The molecule has 1 aliphatic rings. The summed E-state index contributed by atoms with van der Waals surface area (Å²) in [5, 5.41) is 9.63. The summed E-state index contributed by atoms with van der Waals surface area (Å²) in [4.78, 5) is 2.07. The van der Waals surface area contributed by atoms with Crippen LogP contribution in [0, 0.1) is 5.41 Å². The first kappa shape index (κ1) is 13.9. The summed E-state index contributed by atoms with van der Waals surface area (Å²) in [5.74, 6) is 0.566. The van der Waals surface area contributed by atoms with Crippen molar-refractivity contribution in [2.75, 3.05) is 25.1 Å². The van der Waals surface area contributed by atoms with Crippen LogP contribution in [-0.2, 0) is 9.84 Å². The van der Waals surface area contributed by atoms with Gasteiger partial charge < -0.3 is 10.0 Å². The Morgan fingerprint density at radius 3 is 2.44 bits per heavy atom. The molecule has 0 spiro atoms. The van der Waals surface area contributed by atoms with Gasteiger partial charge in [-0.2, -0.15) is 0 Å². The molecule has 96 valence electrons. The van der Waals surface area contributed by atoms with Gasteiger partial charge in [-0.1, -0.05) is 13.8 Å². The lowest BCUT2D eigenvalue weighted by Gasteiger charge is -2.35. The highest BCUT2D eigenvalue weighted by atomic mass is 32.2. The van der Waals surface area contributed by atoms with Crippen molar-refractivity contribution in [3.63, 3.8) is 0 Å². The quantitative estimate of drug-likeness (QED) is 0.789. The zero-order valence-corrected chi connectivity index (χ0v) is 11.4. The van der Waals surface area contributed by atoms with Crippen LogP contribution < -0.4 is 0 Å². The number of rotatable bonds is 4. The predicted octanol–water partition coefficient (Wildman–Crippen LogP) is 0.512. The molecule has 1 aliphatic heterocycles. The molecule has 1 heterocycles. The minimum Gasteiger partial charge on any atom is -0.393 e. The lowest BCUT2D eigenvalue weighted by atomic mass is 9.86. The van der Waals surface area contributed by atoms with Crippen LogP contribution in [0.25, 0.3) is 0 Å². The van der Waals surface area contributed by atoms with E-state index in [-0.39, 0.29) is 17.2 Å². The van der Waals surface area contributed by atoms with Gasteiger partial charge in [-0.05, 0) is 20.4 Å². The van der Waals surface area contributed by atoms with Gasteiger partial charge in [-0.3, -0.25) is 0 Å². The summed E-state index contributed by atoms with van der Waals surface area (Å²) in [6.07, 6.45) is 0.322. The topological polar surface area (TPSA) is 57.6 Å². The summed E-state index contributed by atoms with van der Waals surface area (Å²) in [7, 11) is -0.880. The van der Waals surface area contributed by atoms with E-state index in [4.69, 9.17) is 0 Å². The van der Waals surface area contributed by atoms with Crippen LogP contribution in [0.3, 0.4) is 0 Å². The molecule has 16 heavy (non-hydrogen) atoms. The van der Waals surface area contributed by atoms with E-state index >= 15 is 0 Å². The second-order valence-electron chi connectivity index (χ2n) is 5.64. The molecule has 1 fully saturated rings. The van der Waals surface area contributed by atoms with Gasteiger partial charge in [0.05, 0.1) is 17.6 Å². The van der Waals surface area contributed by atoms with Crippen LogP contribution in [0.1, 0.15) is 27.2 Å². The lowest BCUT2D eigenvalue weighted by Crippen LogP contribution is -2.43. The summed E-state index contributed by atoms with van der Waals surface area (Å²) >= 11 is 0. The molecule has 0 amide bonds. The van der Waals surface area contributed by atoms with E-state index in [9.17, 15) is 13.5 Å². The smallest absolute Gasteiger partial charge is 0.151 e. The van der Waals surface area contributed by atoms with Crippen molar-refractivity contribution in [2.24, 2.45) is 5.41 Å². The van der Waals surface area contributed by atoms with E-state index in [0.717, 1.165) is 0 Å². The van der Waals surface area contributed by atoms with Crippen LogP contribution in [0.4, 0.5) is 0 Å². The Balaban J connectivity index is 2.57. The van der Waals surface area contributed by atoms with Crippen LogP contribution in [0.5, 0.6) is 0 Å². The van der Waals surface area contributed by atoms with Gasteiger partial charge >= 0.3 is 0 Å². The molecule has 5 heteroatoms. The van der Waals surface area contributed by atoms with Crippen molar-refractivity contribution in [3.05, 3.63) is 0 Å². The van der Waals surface area contributed by atoms with Crippen LogP contribution in [0.15, 0.2) is 0 Å². The Hall–Kier alpha value is -0.130. The molecular weight excluding hydrogens is 226 g/mol. The molecular formula is C11H23NO3S. The highest BCUT2D eigenvalue weighted by Gasteiger charge is 2.34. The summed E-state index contributed by atoms with van der Waals surface area (Å²) in [5.41, 5.74) is -0.207. The van der Waals surface area contributed by atoms with Crippen molar-refractivity contribution in [1.29, 1.82) is 0 Å². The highest BCUT2D eigenvalue weighted by Crippen LogP contribution is 2.25. The molecule has 2 unspecified atom stereocenters. The van der Waals surface area contributed by atoms with Crippen LogP contribution >= 0.6 is 0 Å². The third-order valence-corrected chi connectivity index (χ3v) is 5.37. The molecule has 0 aromatic rings. The highest BCUT2D eigenvalue weighted by molar-refractivity contribution is 7.91. The SMILES string of the molecule is CC(O)C(C)(C)CN(C)C1CCS(=O)(=O)C1. The number of nitrogens with zero attached hydrogens (tertiary/aromatic N) is 1. The van der Waals surface area contributed by atoms with E-state index < -0.39 is 15.9 Å². The largest absolute Gasteiger partial charge is 0.393 e. The molecule has 0 saturated carbocycles. The van der Waals surface area contributed by atoms with E-state index in [1.807, 2.05) is 20.9 Å². The van der Waals surface area contributed by atoms with Gasteiger partial charge in [0.1, 0.15) is 0 Å². The molecule has 0 bridgehead atoms. The van der Waals surface area contributed by atoms with Gasteiger partial charge in [0, 0.05) is 18.0 Å². The average Bonchev–Trinajstić information content (AvgIpc) is 2.45. The minimum absolute atomic E-state index is 0.114. The van der Waals surface area contributed by atoms with E-state index in [1.165, 1.54) is 0 Å². The fourth-order valence-electron chi connectivity index (χ4n) is 2.03. The summed E-state index contributed by atoms with van der Waals surface area (Å²) < 4.78 is 22.7. The van der Waals surface area contributed by atoms with Crippen LogP contribution in [0.2, 0.25) is 0 Å². The Kier molecular flexibility index (Phi) is 4.03. The third kappa shape index (κ3) is 3.43. The van der Waals surface area contributed by atoms with Crippen molar-refractivity contribution < 1.29 is 13.5 Å². The molecule has 0 aromatic carbocycles. The molecule has 1 N–H and O–H groups in total. The molecule has 1 rings (SSSR count). The monoisotopic (exact) mass is 249 g/mol. The molecule has 0 aromatic heterocycles. The number of hydrogen-bond donors (Lipinski definition) is 1. The predicted molar refractivity (Wildman–Crippen MR) is 65.2 cm³/mol. The van der Waals surface area contributed by atoms with Crippen LogP contribution in [-0.4, -0.2) is 55.7 Å². The Morgan fingerprint density at radius 2 is 2.06 bits per heavy atom. The van der Waals surface area contributed by atoms with E-state index in [1.54, 1.807) is 6.92 Å². The Labute approximate surface area is 98.6 Å². The molecule has 0 radical (unpaired) electrons. The summed E-state index contributed by atoms with van der Waals surface area (Å²) in [6.45, 7) is 6.49. The summed E-state index contributed by atoms with van der Waals surface area (Å²) in [6, 6.07) is 0.114. The maximum atomic E-state index is 11.4. The fraction of sp³-hybridized carbons (Fsp3) is 1.00. The minimum atomic E-state index is -2.82. The Morgan fingerprint density at radius 1 is 1.50 bits per heavy atom.